The highest BCUT2D eigenvalue weighted by molar-refractivity contribution is 7.71. The third-order valence-electron chi connectivity index (χ3n) is 5.82. The maximum absolute atomic E-state index is 12.9. The highest BCUT2D eigenvalue weighted by Gasteiger charge is 2.35. The highest BCUT2D eigenvalue weighted by Crippen LogP contribution is 2.29. The zero-order valence-electron chi connectivity index (χ0n) is 16.6. The van der Waals surface area contributed by atoms with E-state index in [9.17, 15) is 9.59 Å². The van der Waals surface area contributed by atoms with Crippen molar-refractivity contribution in [2.24, 2.45) is 0 Å². The molecule has 9 heteroatoms. The van der Waals surface area contributed by atoms with Crippen LogP contribution in [0, 0.1) is 4.77 Å². The first kappa shape index (κ1) is 20.0. The van der Waals surface area contributed by atoms with E-state index in [4.69, 9.17) is 23.8 Å². The van der Waals surface area contributed by atoms with E-state index in [1.165, 1.54) is 4.57 Å². The number of piperazine rings is 1. The standard InChI is InChI=1S/C22H20ClN5O2S/c23-14-5-7-15(8-6-14)26-9-11-27(12-10-26)19(29)13-18-21(30)28-20(24-18)16-3-1-2-4-17(16)25-22(28)31/h1-8,18,24H,9-13H2/t18-/m0/s1. The number of para-hydroxylation sites is 1. The first-order chi connectivity index (χ1) is 15.0. The van der Waals surface area contributed by atoms with Gasteiger partial charge in [-0.2, -0.15) is 0 Å². The Hall–Kier alpha value is -2.97. The molecule has 1 amide bonds. The van der Waals surface area contributed by atoms with Gasteiger partial charge >= 0.3 is 0 Å². The van der Waals surface area contributed by atoms with Crippen LogP contribution in [0.25, 0.3) is 10.9 Å². The maximum atomic E-state index is 12.9. The Labute approximate surface area is 189 Å². The molecule has 0 spiro atoms. The van der Waals surface area contributed by atoms with Crippen LogP contribution < -0.4 is 10.2 Å². The van der Waals surface area contributed by atoms with Gasteiger partial charge in [0.1, 0.15) is 11.9 Å². The van der Waals surface area contributed by atoms with Gasteiger partial charge in [0.25, 0.3) is 5.91 Å². The van der Waals surface area contributed by atoms with Crippen molar-refractivity contribution in [2.75, 3.05) is 36.4 Å². The number of benzene rings is 2. The number of hydrogen-bond acceptors (Lipinski definition) is 6. The maximum Gasteiger partial charge on any atom is 0.257 e. The Bertz CT molecular complexity index is 1230. The molecule has 0 saturated carbocycles. The van der Waals surface area contributed by atoms with Crippen molar-refractivity contribution < 1.29 is 9.59 Å². The molecular weight excluding hydrogens is 434 g/mol. The summed E-state index contributed by atoms with van der Waals surface area (Å²) in [7, 11) is 0. The zero-order chi connectivity index (χ0) is 21.5. The number of aromatic nitrogens is 2. The summed E-state index contributed by atoms with van der Waals surface area (Å²) in [6, 6.07) is 14.6. The van der Waals surface area contributed by atoms with Gasteiger partial charge in [-0.3, -0.25) is 9.59 Å². The molecule has 0 unspecified atom stereocenters. The van der Waals surface area contributed by atoms with E-state index >= 15 is 0 Å². The van der Waals surface area contributed by atoms with Crippen LogP contribution in [0.5, 0.6) is 0 Å². The Morgan fingerprint density at radius 2 is 1.81 bits per heavy atom. The Kier molecular flexibility index (Phi) is 5.11. The monoisotopic (exact) mass is 453 g/mol. The van der Waals surface area contributed by atoms with E-state index in [0.29, 0.717) is 23.9 Å². The molecule has 1 fully saturated rings. The second-order valence-electron chi connectivity index (χ2n) is 7.68. The fourth-order valence-electron chi connectivity index (χ4n) is 4.18. The average Bonchev–Trinajstić information content (AvgIpc) is 3.11. The summed E-state index contributed by atoms with van der Waals surface area (Å²) in [5, 5.41) is 4.73. The van der Waals surface area contributed by atoms with Gasteiger partial charge in [0.2, 0.25) is 10.7 Å². The van der Waals surface area contributed by atoms with E-state index in [1.807, 2.05) is 53.4 Å². The van der Waals surface area contributed by atoms with Crippen molar-refractivity contribution in [1.82, 2.24) is 14.5 Å². The van der Waals surface area contributed by atoms with E-state index in [0.717, 1.165) is 29.7 Å². The Morgan fingerprint density at radius 3 is 2.55 bits per heavy atom. The predicted octanol–water partition coefficient (Wildman–Crippen LogP) is 3.59. The lowest BCUT2D eigenvalue weighted by Gasteiger charge is -2.36. The number of nitrogens with one attached hydrogen (secondary N) is 1. The quantitative estimate of drug-likeness (QED) is 0.611. The van der Waals surface area contributed by atoms with Gasteiger partial charge in [-0.15, -0.1) is 0 Å². The summed E-state index contributed by atoms with van der Waals surface area (Å²) in [5.41, 5.74) is 1.82. The first-order valence-corrected chi connectivity index (χ1v) is 10.9. The lowest BCUT2D eigenvalue weighted by molar-refractivity contribution is -0.131. The van der Waals surface area contributed by atoms with Crippen LogP contribution in [0.2, 0.25) is 5.02 Å². The Balaban J connectivity index is 1.26. The van der Waals surface area contributed by atoms with Gasteiger partial charge in [-0.1, -0.05) is 23.7 Å². The molecule has 1 saturated heterocycles. The van der Waals surface area contributed by atoms with Gasteiger partial charge in [0.05, 0.1) is 11.9 Å². The number of anilines is 2. The largest absolute Gasteiger partial charge is 0.368 e. The number of rotatable bonds is 3. The van der Waals surface area contributed by atoms with E-state index in [1.54, 1.807) is 0 Å². The lowest BCUT2D eigenvalue weighted by atomic mass is 10.1. The van der Waals surface area contributed by atoms with Gasteiger partial charge in [-0.25, -0.2) is 9.55 Å². The van der Waals surface area contributed by atoms with Crippen LogP contribution in [0.15, 0.2) is 48.5 Å². The van der Waals surface area contributed by atoms with Crippen LogP contribution >= 0.6 is 23.8 Å². The van der Waals surface area contributed by atoms with Crippen molar-refractivity contribution in [3.63, 3.8) is 0 Å². The van der Waals surface area contributed by atoms with Gasteiger partial charge in [0, 0.05) is 42.3 Å². The predicted molar refractivity (Wildman–Crippen MR) is 123 cm³/mol. The van der Waals surface area contributed by atoms with Crippen molar-refractivity contribution in [3.05, 3.63) is 58.3 Å². The molecular formula is C22H20ClN5O2S. The molecule has 2 aliphatic rings. The summed E-state index contributed by atoms with van der Waals surface area (Å²) in [4.78, 5) is 34.3. The third-order valence-corrected chi connectivity index (χ3v) is 6.35. The molecule has 1 atom stereocenters. The number of carbonyl (C=O) groups excluding carboxylic acids is 2. The molecule has 1 aromatic heterocycles. The minimum Gasteiger partial charge on any atom is -0.368 e. The molecule has 0 radical (unpaired) electrons. The van der Waals surface area contributed by atoms with Gasteiger partial charge in [0.15, 0.2) is 0 Å². The smallest absolute Gasteiger partial charge is 0.257 e. The van der Waals surface area contributed by atoms with Crippen molar-refractivity contribution in [1.29, 1.82) is 0 Å². The molecule has 5 rings (SSSR count). The molecule has 3 aromatic rings. The number of nitrogens with zero attached hydrogens (tertiary/aromatic N) is 4. The van der Waals surface area contributed by atoms with Gasteiger partial charge in [-0.05, 0) is 48.6 Å². The van der Waals surface area contributed by atoms with Crippen molar-refractivity contribution in [2.45, 2.75) is 12.5 Å². The normalized spacial score (nSPS) is 18.2. The summed E-state index contributed by atoms with van der Waals surface area (Å²) in [6.45, 7) is 2.69. The van der Waals surface area contributed by atoms with Crippen LogP contribution in [0.4, 0.5) is 11.5 Å². The summed E-state index contributed by atoms with van der Waals surface area (Å²) in [6.07, 6.45) is 0.0879. The minimum absolute atomic E-state index is 0.0433. The first-order valence-electron chi connectivity index (χ1n) is 10.1. The third kappa shape index (κ3) is 3.66. The number of halogens is 1. The highest BCUT2D eigenvalue weighted by atomic mass is 35.5. The Morgan fingerprint density at radius 1 is 1.10 bits per heavy atom. The van der Waals surface area contributed by atoms with Crippen LogP contribution in [-0.4, -0.2) is 58.5 Å². The van der Waals surface area contributed by atoms with Crippen LogP contribution in [0.3, 0.4) is 0 Å². The topological polar surface area (TPSA) is 70.5 Å². The van der Waals surface area contributed by atoms with Crippen LogP contribution in [0.1, 0.15) is 11.2 Å². The molecule has 2 aliphatic heterocycles. The molecule has 3 heterocycles. The summed E-state index contributed by atoms with van der Waals surface area (Å²) in [5.74, 6) is 0.343. The fraction of sp³-hybridized carbons (Fsp3) is 0.273. The molecule has 158 valence electrons. The molecule has 2 aromatic carbocycles. The second kappa shape index (κ2) is 7.94. The molecule has 1 N–H and O–H groups in total. The zero-order valence-corrected chi connectivity index (χ0v) is 18.2. The number of carbonyl (C=O) groups is 2. The fourth-order valence-corrected chi connectivity index (χ4v) is 4.58. The molecule has 31 heavy (non-hydrogen) atoms. The SMILES string of the molecule is O=C(C[C@@H]1Nc2c3ccccc3nc(=S)n2C1=O)N1CCN(c2ccc(Cl)cc2)CC1. The van der Waals surface area contributed by atoms with E-state index < -0.39 is 6.04 Å². The number of hydrogen-bond donors (Lipinski definition) is 1. The molecule has 0 aliphatic carbocycles. The minimum atomic E-state index is -0.642. The van der Waals surface area contributed by atoms with E-state index in [-0.39, 0.29) is 23.0 Å². The van der Waals surface area contributed by atoms with Crippen LogP contribution in [-0.2, 0) is 4.79 Å². The summed E-state index contributed by atoms with van der Waals surface area (Å²) < 4.78 is 1.62. The van der Waals surface area contributed by atoms with Crippen molar-refractivity contribution in [3.8, 4) is 0 Å². The second-order valence-corrected chi connectivity index (χ2v) is 8.48. The molecule has 0 bridgehead atoms. The average molecular weight is 454 g/mol. The van der Waals surface area contributed by atoms with Crippen molar-refractivity contribution >= 4 is 58.0 Å². The number of fused-ring (bicyclic) bond motifs is 3. The number of amides is 1. The summed E-state index contributed by atoms with van der Waals surface area (Å²) >= 11 is 11.3. The van der Waals surface area contributed by atoms with Gasteiger partial charge < -0.3 is 15.1 Å². The lowest BCUT2D eigenvalue weighted by Crippen LogP contribution is -2.50. The molecule has 7 nitrogen and oxygen atoms in total. The van der Waals surface area contributed by atoms with E-state index in [2.05, 4.69) is 15.2 Å².